The molecular weight excluding hydrogens is 300 g/mol. The molecule has 1 aliphatic rings. The summed E-state index contributed by atoms with van der Waals surface area (Å²) < 4.78 is 4.78. The summed E-state index contributed by atoms with van der Waals surface area (Å²) in [6, 6.07) is 7.80. The third kappa shape index (κ3) is 4.48. The van der Waals surface area contributed by atoms with E-state index in [1.807, 2.05) is 30.5 Å². The highest BCUT2D eigenvalue weighted by Gasteiger charge is 2.29. The summed E-state index contributed by atoms with van der Waals surface area (Å²) in [7, 11) is 1.43. The van der Waals surface area contributed by atoms with Crippen LogP contribution in [0.5, 0.6) is 0 Å². The van der Waals surface area contributed by atoms with E-state index in [9.17, 15) is 9.59 Å². The number of esters is 1. The molecule has 22 heavy (non-hydrogen) atoms. The molecule has 1 saturated heterocycles. The highest BCUT2D eigenvalue weighted by molar-refractivity contribution is 7.98. The average Bonchev–Trinajstić information content (AvgIpc) is 2.55. The van der Waals surface area contributed by atoms with Crippen molar-refractivity contribution in [1.82, 2.24) is 0 Å². The standard InChI is InChI=1S/C16H22N2O3S/c1-21-16(20)12-7-9-18(10-8-12)11-15(19)17-13-5-3-4-6-14(13)22-2/h3-6,12H,7-11H2,1-2H3,(H,17,19)/p+1. The molecule has 1 aliphatic heterocycles. The second-order valence-corrected chi connectivity index (χ2v) is 6.32. The van der Waals surface area contributed by atoms with Crippen molar-refractivity contribution in [1.29, 1.82) is 0 Å². The summed E-state index contributed by atoms with van der Waals surface area (Å²) in [5.41, 5.74) is 0.865. The maximum absolute atomic E-state index is 12.2. The van der Waals surface area contributed by atoms with Crippen LogP contribution >= 0.6 is 11.8 Å². The van der Waals surface area contributed by atoms with Gasteiger partial charge in [-0.1, -0.05) is 12.1 Å². The molecule has 1 heterocycles. The van der Waals surface area contributed by atoms with Crippen LogP contribution in [0.25, 0.3) is 0 Å². The molecule has 5 nitrogen and oxygen atoms in total. The Hall–Kier alpha value is -1.53. The fourth-order valence-corrected chi connectivity index (χ4v) is 3.33. The van der Waals surface area contributed by atoms with Gasteiger partial charge in [-0.25, -0.2) is 0 Å². The normalized spacial score (nSPS) is 21.2. The van der Waals surface area contributed by atoms with E-state index in [1.165, 1.54) is 12.0 Å². The largest absolute Gasteiger partial charge is 0.469 e. The molecular formula is C16H23N2O3S+. The molecule has 0 saturated carbocycles. The molecule has 0 radical (unpaired) electrons. The van der Waals surface area contributed by atoms with Crippen LogP contribution in [0.1, 0.15) is 12.8 Å². The molecule has 0 aliphatic carbocycles. The van der Waals surface area contributed by atoms with E-state index in [1.54, 1.807) is 11.8 Å². The third-order valence-electron chi connectivity index (χ3n) is 4.02. The van der Waals surface area contributed by atoms with Gasteiger partial charge in [-0.2, -0.15) is 0 Å². The molecule has 6 heteroatoms. The van der Waals surface area contributed by atoms with Crippen LogP contribution in [0, 0.1) is 5.92 Å². The van der Waals surface area contributed by atoms with Gasteiger partial charge in [-0.15, -0.1) is 11.8 Å². The highest BCUT2D eigenvalue weighted by Crippen LogP contribution is 2.24. The first-order chi connectivity index (χ1) is 10.6. The van der Waals surface area contributed by atoms with Gasteiger partial charge in [0.2, 0.25) is 0 Å². The minimum Gasteiger partial charge on any atom is -0.469 e. The minimum absolute atomic E-state index is 0.00553. The summed E-state index contributed by atoms with van der Waals surface area (Å²) in [4.78, 5) is 26.0. The number of carbonyl (C=O) groups excluding carboxylic acids is 2. The average molecular weight is 323 g/mol. The second kappa shape index (κ2) is 8.19. The molecule has 2 rings (SSSR count). The van der Waals surface area contributed by atoms with Crippen LogP contribution in [-0.4, -0.2) is 44.9 Å². The Labute approximate surface area is 135 Å². The maximum atomic E-state index is 12.2. The lowest BCUT2D eigenvalue weighted by Crippen LogP contribution is -3.14. The Morgan fingerprint density at radius 1 is 1.32 bits per heavy atom. The van der Waals surface area contributed by atoms with Gasteiger partial charge in [0.1, 0.15) is 0 Å². The van der Waals surface area contributed by atoms with E-state index < -0.39 is 0 Å². The Bertz CT molecular complexity index is 528. The number of ether oxygens (including phenoxy) is 1. The van der Waals surface area contributed by atoms with Crippen LogP contribution in [0.15, 0.2) is 29.2 Å². The smallest absolute Gasteiger partial charge is 0.309 e. The predicted molar refractivity (Wildman–Crippen MR) is 87.2 cm³/mol. The lowest BCUT2D eigenvalue weighted by Gasteiger charge is -2.27. The topological polar surface area (TPSA) is 59.8 Å². The first kappa shape index (κ1) is 16.8. The van der Waals surface area contributed by atoms with Crippen molar-refractivity contribution in [2.24, 2.45) is 5.92 Å². The van der Waals surface area contributed by atoms with Crippen LogP contribution in [0.3, 0.4) is 0 Å². The van der Waals surface area contributed by atoms with E-state index >= 15 is 0 Å². The van der Waals surface area contributed by atoms with Crippen LogP contribution < -0.4 is 10.2 Å². The number of nitrogens with one attached hydrogen (secondary N) is 2. The van der Waals surface area contributed by atoms with Crippen LogP contribution in [0.2, 0.25) is 0 Å². The number of carbonyl (C=O) groups is 2. The van der Waals surface area contributed by atoms with Crippen LogP contribution in [-0.2, 0) is 14.3 Å². The number of thioether (sulfide) groups is 1. The van der Waals surface area contributed by atoms with E-state index in [2.05, 4.69) is 5.32 Å². The number of piperidine rings is 1. The van der Waals surface area contributed by atoms with Crippen molar-refractivity contribution in [3.8, 4) is 0 Å². The maximum Gasteiger partial charge on any atom is 0.309 e. The van der Waals surface area contributed by atoms with E-state index in [0.717, 1.165) is 36.5 Å². The van der Waals surface area contributed by atoms with Crippen molar-refractivity contribution in [3.63, 3.8) is 0 Å². The molecule has 0 atom stereocenters. The van der Waals surface area contributed by atoms with Gasteiger partial charge < -0.3 is 15.0 Å². The lowest BCUT2D eigenvalue weighted by atomic mass is 9.97. The third-order valence-corrected chi connectivity index (χ3v) is 4.81. The van der Waals surface area contributed by atoms with Gasteiger partial charge in [0, 0.05) is 17.7 Å². The van der Waals surface area contributed by atoms with Gasteiger partial charge in [-0.05, 0) is 18.4 Å². The van der Waals surface area contributed by atoms with Crippen molar-refractivity contribution in [3.05, 3.63) is 24.3 Å². The molecule has 1 aromatic carbocycles. The zero-order chi connectivity index (χ0) is 15.9. The number of hydrogen-bond donors (Lipinski definition) is 2. The Kier molecular flexibility index (Phi) is 6.27. The van der Waals surface area contributed by atoms with Gasteiger partial charge in [0.25, 0.3) is 5.91 Å². The highest BCUT2D eigenvalue weighted by atomic mass is 32.2. The van der Waals surface area contributed by atoms with Crippen LogP contribution in [0.4, 0.5) is 5.69 Å². The molecule has 0 aromatic heterocycles. The minimum atomic E-state index is -0.127. The number of likely N-dealkylation sites (tertiary alicyclic amines) is 1. The number of amides is 1. The number of methoxy groups -OCH3 is 1. The second-order valence-electron chi connectivity index (χ2n) is 5.47. The van der Waals surface area contributed by atoms with Crippen molar-refractivity contribution in [2.45, 2.75) is 17.7 Å². The van der Waals surface area contributed by atoms with Crippen molar-refractivity contribution in [2.75, 3.05) is 38.3 Å². The number of hydrogen-bond acceptors (Lipinski definition) is 4. The number of benzene rings is 1. The summed E-state index contributed by atoms with van der Waals surface area (Å²) in [5.74, 6) is -0.112. The fourth-order valence-electron chi connectivity index (χ4n) is 2.77. The molecule has 120 valence electrons. The Morgan fingerprint density at radius 2 is 2.00 bits per heavy atom. The van der Waals surface area contributed by atoms with E-state index in [4.69, 9.17) is 4.74 Å². The number of para-hydroxylation sites is 1. The summed E-state index contributed by atoms with van der Waals surface area (Å²) >= 11 is 1.62. The molecule has 0 bridgehead atoms. The SMILES string of the molecule is COC(=O)C1CC[NH+](CC(=O)Nc2ccccc2SC)CC1. The monoisotopic (exact) mass is 323 g/mol. The number of rotatable bonds is 5. The summed E-state index contributed by atoms with van der Waals surface area (Å²) in [5, 5.41) is 2.98. The molecule has 1 aromatic rings. The first-order valence-electron chi connectivity index (χ1n) is 7.48. The molecule has 0 spiro atoms. The molecule has 1 fully saturated rings. The van der Waals surface area contributed by atoms with Gasteiger partial charge >= 0.3 is 5.97 Å². The van der Waals surface area contributed by atoms with Gasteiger partial charge in [0.15, 0.2) is 6.54 Å². The quantitative estimate of drug-likeness (QED) is 0.622. The zero-order valence-electron chi connectivity index (χ0n) is 13.1. The van der Waals surface area contributed by atoms with E-state index in [0.29, 0.717) is 6.54 Å². The van der Waals surface area contributed by atoms with E-state index in [-0.39, 0.29) is 17.8 Å². The van der Waals surface area contributed by atoms with Crippen molar-refractivity contribution >= 4 is 29.3 Å². The summed E-state index contributed by atoms with van der Waals surface area (Å²) in [6.07, 6.45) is 3.57. The molecule has 1 amide bonds. The number of quaternary nitrogens is 1. The predicted octanol–water partition coefficient (Wildman–Crippen LogP) is 0.815. The van der Waals surface area contributed by atoms with Gasteiger partial charge in [-0.3, -0.25) is 9.59 Å². The molecule has 0 unspecified atom stereocenters. The summed E-state index contributed by atoms with van der Waals surface area (Å²) in [6.45, 7) is 2.10. The lowest BCUT2D eigenvalue weighted by molar-refractivity contribution is -0.897. The fraction of sp³-hybridized carbons (Fsp3) is 0.500. The Morgan fingerprint density at radius 3 is 2.64 bits per heavy atom. The molecule has 2 N–H and O–H groups in total. The number of anilines is 1. The van der Waals surface area contributed by atoms with Crippen molar-refractivity contribution < 1.29 is 19.2 Å². The zero-order valence-corrected chi connectivity index (χ0v) is 13.9. The Balaban J connectivity index is 1.82. The first-order valence-corrected chi connectivity index (χ1v) is 8.70. The van der Waals surface area contributed by atoms with Gasteiger partial charge in [0.05, 0.1) is 31.8 Å².